The van der Waals surface area contributed by atoms with Crippen molar-refractivity contribution in [1.29, 1.82) is 0 Å². The number of nitrogens with zero attached hydrogens (tertiary/aromatic N) is 4. The molecule has 0 saturated carbocycles. The molecule has 0 aliphatic carbocycles. The van der Waals surface area contributed by atoms with Gasteiger partial charge in [0.25, 0.3) is 0 Å². The van der Waals surface area contributed by atoms with Crippen LogP contribution in [0.15, 0.2) is 35.8 Å². The predicted octanol–water partition coefficient (Wildman–Crippen LogP) is 4.81. The Balaban J connectivity index is 2.17. The normalized spacial score (nSPS) is 11.5. The second-order valence-electron chi connectivity index (χ2n) is 5.95. The van der Waals surface area contributed by atoms with Crippen LogP contribution in [-0.4, -0.2) is 26.6 Å². The van der Waals surface area contributed by atoms with Gasteiger partial charge in [-0.15, -0.1) is 11.3 Å². The third-order valence-electron chi connectivity index (χ3n) is 2.92. The zero-order chi connectivity index (χ0) is 17.3. The van der Waals surface area contributed by atoms with Crippen molar-refractivity contribution < 1.29 is 9.53 Å². The summed E-state index contributed by atoms with van der Waals surface area (Å²) in [5, 5.41) is 1.92. The van der Waals surface area contributed by atoms with Crippen molar-refractivity contribution in [1.82, 2.24) is 15.0 Å². The lowest BCUT2D eigenvalue weighted by Gasteiger charge is -2.26. The molecule has 3 aromatic heterocycles. The minimum absolute atomic E-state index is 0.0559. The molecule has 0 N–H and O–H groups in total. The van der Waals surface area contributed by atoms with E-state index in [1.165, 1.54) is 16.2 Å². The monoisotopic (exact) mass is 362 g/mol. The molecule has 8 heteroatoms. The van der Waals surface area contributed by atoms with Gasteiger partial charge in [0, 0.05) is 6.20 Å². The number of carbonyl (C=O) groups is 1. The highest BCUT2D eigenvalue weighted by Gasteiger charge is 2.29. The molecule has 24 heavy (non-hydrogen) atoms. The number of carbonyl (C=O) groups excluding carboxylic acids is 1. The minimum Gasteiger partial charge on any atom is -0.443 e. The first kappa shape index (κ1) is 16.6. The molecule has 0 radical (unpaired) electrons. The van der Waals surface area contributed by atoms with Gasteiger partial charge in [-0.25, -0.2) is 19.7 Å². The van der Waals surface area contributed by atoms with E-state index in [0.717, 1.165) is 4.70 Å². The summed E-state index contributed by atoms with van der Waals surface area (Å²) in [6.45, 7) is 5.40. The number of aromatic nitrogens is 3. The van der Waals surface area contributed by atoms with E-state index < -0.39 is 11.7 Å². The number of fused-ring (bicyclic) bond motifs is 1. The van der Waals surface area contributed by atoms with E-state index in [9.17, 15) is 4.79 Å². The topological polar surface area (TPSA) is 68.2 Å². The van der Waals surface area contributed by atoms with Crippen LogP contribution in [0.4, 0.5) is 16.4 Å². The fraction of sp³-hybridized carbons (Fsp3) is 0.250. The number of anilines is 2. The Morgan fingerprint density at radius 1 is 1.25 bits per heavy atom. The fourth-order valence-electron chi connectivity index (χ4n) is 2.05. The Morgan fingerprint density at radius 2 is 2.04 bits per heavy atom. The van der Waals surface area contributed by atoms with Crippen LogP contribution in [0.25, 0.3) is 10.2 Å². The number of amides is 1. The molecule has 0 aliphatic heterocycles. The molecule has 0 aromatic carbocycles. The summed E-state index contributed by atoms with van der Waals surface area (Å²) in [4.78, 5) is 26.8. The van der Waals surface area contributed by atoms with E-state index >= 15 is 0 Å². The van der Waals surface area contributed by atoms with Gasteiger partial charge in [-0.3, -0.25) is 0 Å². The van der Waals surface area contributed by atoms with E-state index in [0.29, 0.717) is 17.2 Å². The van der Waals surface area contributed by atoms with Crippen LogP contribution in [0.5, 0.6) is 0 Å². The van der Waals surface area contributed by atoms with E-state index in [1.807, 2.05) is 11.4 Å². The minimum atomic E-state index is -0.657. The van der Waals surface area contributed by atoms with E-state index in [4.69, 9.17) is 16.3 Å². The highest BCUT2D eigenvalue weighted by atomic mass is 35.5. The average molecular weight is 363 g/mol. The molecule has 0 unspecified atom stereocenters. The van der Waals surface area contributed by atoms with Crippen molar-refractivity contribution in [2.24, 2.45) is 0 Å². The number of halogens is 1. The second-order valence-corrected chi connectivity index (χ2v) is 7.21. The van der Waals surface area contributed by atoms with E-state index in [-0.39, 0.29) is 5.28 Å². The highest BCUT2D eigenvalue weighted by molar-refractivity contribution is 7.17. The maximum atomic E-state index is 12.8. The smallest absolute Gasteiger partial charge is 0.421 e. The summed E-state index contributed by atoms with van der Waals surface area (Å²) >= 11 is 7.45. The van der Waals surface area contributed by atoms with Crippen molar-refractivity contribution in [3.05, 3.63) is 41.1 Å². The maximum Gasteiger partial charge on any atom is 0.421 e. The van der Waals surface area contributed by atoms with Crippen molar-refractivity contribution in [3.63, 3.8) is 0 Å². The zero-order valence-electron chi connectivity index (χ0n) is 13.4. The molecule has 3 heterocycles. The number of pyridine rings is 1. The Bertz CT molecular complexity index is 877. The van der Waals surface area contributed by atoms with Gasteiger partial charge < -0.3 is 4.74 Å². The van der Waals surface area contributed by atoms with Gasteiger partial charge >= 0.3 is 6.09 Å². The van der Waals surface area contributed by atoms with Crippen LogP contribution in [0, 0.1) is 0 Å². The summed E-state index contributed by atoms with van der Waals surface area (Å²) in [7, 11) is 0. The molecule has 0 saturated heterocycles. The molecule has 3 aromatic rings. The molecule has 0 bridgehead atoms. The second kappa shape index (κ2) is 6.33. The van der Waals surface area contributed by atoms with Gasteiger partial charge in [0.05, 0.1) is 10.2 Å². The van der Waals surface area contributed by atoms with Crippen LogP contribution in [-0.2, 0) is 4.74 Å². The summed E-state index contributed by atoms with van der Waals surface area (Å²) in [6, 6.07) is 7.08. The third kappa shape index (κ3) is 3.47. The van der Waals surface area contributed by atoms with E-state index in [1.54, 1.807) is 45.2 Å². The number of hydrogen-bond acceptors (Lipinski definition) is 6. The van der Waals surface area contributed by atoms with Crippen molar-refractivity contribution >= 4 is 50.9 Å². The lowest BCUT2D eigenvalue weighted by molar-refractivity contribution is 0.0597. The van der Waals surface area contributed by atoms with Gasteiger partial charge in [0.15, 0.2) is 5.82 Å². The summed E-state index contributed by atoms with van der Waals surface area (Å²) in [6.07, 6.45) is 1.02. The van der Waals surface area contributed by atoms with Gasteiger partial charge in [0.1, 0.15) is 11.4 Å². The number of rotatable bonds is 2. The van der Waals surface area contributed by atoms with Crippen LogP contribution in [0.2, 0.25) is 5.28 Å². The van der Waals surface area contributed by atoms with Crippen LogP contribution in [0.3, 0.4) is 0 Å². The largest absolute Gasteiger partial charge is 0.443 e. The predicted molar refractivity (Wildman–Crippen MR) is 95.0 cm³/mol. The average Bonchev–Trinajstić information content (AvgIpc) is 2.94. The Kier molecular flexibility index (Phi) is 4.38. The van der Waals surface area contributed by atoms with Crippen molar-refractivity contribution in [2.45, 2.75) is 26.4 Å². The molecule has 0 fully saturated rings. The molecule has 1 amide bonds. The van der Waals surface area contributed by atoms with Gasteiger partial charge in [-0.05, 0) is 56.0 Å². The van der Waals surface area contributed by atoms with Crippen molar-refractivity contribution in [2.75, 3.05) is 4.90 Å². The first-order valence-electron chi connectivity index (χ1n) is 7.20. The van der Waals surface area contributed by atoms with Gasteiger partial charge in [0.2, 0.25) is 5.28 Å². The SMILES string of the molecule is CC(C)(C)OC(=O)N(c1ccccn1)c1nc(Cl)nc2ccsc12. The summed E-state index contributed by atoms with van der Waals surface area (Å²) < 4.78 is 6.25. The fourth-order valence-corrected chi connectivity index (χ4v) is 3.03. The summed E-state index contributed by atoms with van der Waals surface area (Å²) in [5.41, 5.74) is 0.00896. The Morgan fingerprint density at radius 3 is 2.71 bits per heavy atom. The molecule has 0 spiro atoms. The molecule has 3 rings (SSSR count). The number of ether oxygens (including phenoxy) is 1. The lowest BCUT2D eigenvalue weighted by Crippen LogP contribution is -2.34. The van der Waals surface area contributed by atoms with Crippen LogP contribution in [0.1, 0.15) is 20.8 Å². The molecule has 6 nitrogen and oxygen atoms in total. The first-order valence-corrected chi connectivity index (χ1v) is 8.46. The van der Waals surface area contributed by atoms with Crippen molar-refractivity contribution in [3.8, 4) is 0 Å². The van der Waals surface area contributed by atoms with Crippen LogP contribution < -0.4 is 4.90 Å². The maximum absolute atomic E-state index is 12.8. The quantitative estimate of drug-likeness (QED) is 0.612. The zero-order valence-corrected chi connectivity index (χ0v) is 14.9. The summed E-state index contributed by atoms with van der Waals surface area (Å²) in [5.74, 6) is 0.754. The molecule has 0 atom stereocenters. The molecule has 124 valence electrons. The van der Waals surface area contributed by atoms with Gasteiger partial charge in [-0.1, -0.05) is 6.07 Å². The Labute approximate surface area is 148 Å². The number of hydrogen-bond donors (Lipinski definition) is 0. The molecular formula is C16H15ClN4O2S. The Hall–Kier alpha value is -2.25. The first-order chi connectivity index (χ1) is 11.3. The number of thiophene rings is 1. The third-order valence-corrected chi connectivity index (χ3v) is 3.99. The van der Waals surface area contributed by atoms with E-state index in [2.05, 4.69) is 15.0 Å². The standard InChI is InChI=1S/C16H15ClN4O2S/c1-16(2,3)23-15(22)21(11-6-4-5-8-18-11)13-12-10(7-9-24-12)19-14(17)20-13/h4-9H,1-3H3. The van der Waals surface area contributed by atoms with Gasteiger partial charge in [-0.2, -0.15) is 4.98 Å². The van der Waals surface area contributed by atoms with Crippen LogP contribution >= 0.6 is 22.9 Å². The lowest BCUT2D eigenvalue weighted by atomic mass is 10.2. The molecular weight excluding hydrogens is 348 g/mol. The highest BCUT2D eigenvalue weighted by Crippen LogP contribution is 2.34. The molecule has 0 aliphatic rings.